The first kappa shape index (κ1) is 17.2. The first-order chi connectivity index (χ1) is 12.0. The largest absolute Gasteiger partial charge is 0.411 e. The van der Waals surface area contributed by atoms with Crippen molar-refractivity contribution in [3.05, 3.63) is 59.4 Å². The maximum absolute atomic E-state index is 13.7. The molecule has 2 aromatic carbocycles. The lowest BCUT2D eigenvalue weighted by molar-refractivity contribution is -0.113. The van der Waals surface area contributed by atoms with Crippen LogP contribution in [0.15, 0.2) is 52.1 Å². The zero-order chi connectivity index (χ0) is 17.8. The number of carbonyl (C=O) groups excluding carboxylic acids is 1. The summed E-state index contributed by atoms with van der Waals surface area (Å²) in [7, 11) is 0. The molecule has 0 aliphatic heterocycles. The summed E-state index contributed by atoms with van der Waals surface area (Å²) in [6, 6.07) is 12.3. The summed E-state index contributed by atoms with van der Waals surface area (Å²) in [6.45, 7) is 3.78. The van der Waals surface area contributed by atoms with Crippen molar-refractivity contribution < 1.29 is 13.6 Å². The second kappa shape index (κ2) is 7.48. The first-order valence-electron chi connectivity index (χ1n) is 7.60. The number of aryl methyl sites for hydroxylation is 2. The van der Waals surface area contributed by atoms with Crippen molar-refractivity contribution in [2.24, 2.45) is 0 Å². The van der Waals surface area contributed by atoms with Gasteiger partial charge in [-0.1, -0.05) is 35.5 Å². The summed E-state index contributed by atoms with van der Waals surface area (Å²) in [6.07, 6.45) is 0. The Hall–Kier alpha value is -2.67. The van der Waals surface area contributed by atoms with Gasteiger partial charge in [-0.05, 0) is 43.7 Å². The van der Waals surface area contributed by atoms with Gasteiger partial charge in [0.15, 0.2) is 0 Å². The number of hydrogen-bond acceptors (Lipinski definition) is 5. The summed E-state index contributed by atoms with van der Waals surface area (Å²) in [5.41, 5.74) is 2.90. The SMILES string of the molecule is Cc1ccc(-c2nnc(SCC(=O)Nc3ccc(C)cc3F)o2)cc1. The standard InChI is InChI=1S/C18H16FN3O2S/c1-11-3-6-13(7-4-11)17-21-22-18(24-17)25-10-16(23)20-15-8-5-12(2)9-14(15)19/h3-9H,10H2,1-2H3,(H,20,23). The molecule has 0 radical (unpaired) electrons. The van der Waals surface area contributed by atoms with Gasteiger partial charge in [0.2, 0.25) is 11.8 Å². The van der Waals surface area contributed by atoms with Gasteiger partial charge in [0.25, 0.3) is 5.22 Å². The van der Waals surface area contributed by atoms with Gasteiger partial charge >= 0.3 is 0 Å². The molecule has 0 aliphatic rings. The second-order valence-electron chi connectivity index (χ2n) is 5.56. The van der Waals surface area contributed by atoms with E-state index in [-0.39, 0.29) is 22.6 Å². The number of amides is 1. The lowest BCUT2D eigenvalue weighted by atomic mass is 10.1. The zero-order valence-electron chi connectivity index (χ0n) is 13.7. The third kappa shape index (κ3) is 4.45. The van der Waals surface area contributed by atoms with Crippen LogP contribution in [-0.4, -0.2) is 21.9 Å². The summed E-state index contributed by atoms with van der Waals surface area (Å²) < 4.78 is 19.3. The fourth-order valence-electron chi connectivity index (χ4n) is 2.12. The van der Waals surface area contributed by atoms with Gasteiger partial charge in [0, 0.05) is 5.56 Å². The van der Waals surface area contributed by atoms with Crippen molar-refractivity contribution in [1.82, 2.24) is 10.2 Å². The van der Waals surface area contributed by atoms with Crippen LogP contribution in [-0.2, 0) is 4.79 Å². The average Bonchev–Trinajstić information content (AvgIpc) is 3.05. The molecule has 1 N–H and O–H groups in total. The summed E-state index contributed by atoms with van der Waals surface area (Å²) in [4.78, 5) is 11.9. The van der Waals surface area contributed by atoms with Gasteiger partial charge in [0.05, 0.1) is 11.4 Å². The third-order valence-corrected chi connectivity index (χ3v) is 4.25. The van der Waals surface area contributed by atoms with E-state index in [9.17, 15) is 9.18 Å². The Morgan fingerprint density at radius 2 is 1.84 bits per heavy atom. The number of nitrogens with zero attached hydrogens (tertiary/aromatic N) is 2. The summed E-state index contributed by atoms with van der Waals surface area (Å²) in [5.74, 6) is -0.365. The van der Waals surface area contributed by atoms with Gasteiger partial charge in [-0.15, -0.1) is 10.2 Å². The van der Waals surface area contributed by atoms with Crippen molar-refractivity contribution >= 4 is 23.4 Å². The van der Waals surface area contributed by atoms with Crippen molar-refractivity contribution in [2.75, 3.05) is 11.1 Å². The van der Waals surface area contributed by atoms with E-state index in [1.54, 1.807) is 13.0 Å². The van der Waals surface area contributed by atoms with Crippen molar-refractivity contribution in [3.8, 4) is 11.5 Å². The minimum Gasteiger partial charge on any atom is -0.411 e. The Kier molecular flexibility index (Phi) is 5.14. The molecule has 0 fully saturated rings. The lowest BCUT2D eigenvalue weighted by Crippen LogP contribution is -2.15. The van der Waals surface area contributed by atoms with Crippen LogP contribution in [0.2, 0.25) is 0 Å². The normalized spacial score (nSPS) is 10.7. The van der Waals surface area contributed by atoms with Crippen LogP contribution in [0, 0.1) is 19.7 Å². The highest BCUT2D eigenvalue weighted by atomic mass is 32.2. The Bertz CT molecular complexity index is 894. The number of rotatable bonds is 5. The molecular formula is C18H16FN3O2S. The van der Waals surface area contributed by atoms with E-state index >= 15 is 0 Å². The van der Waals surface area contributed by atoms with Crippen LogP contribution in [0.5, 0.6) is 0 Å². The number of carbonyl (C=O) groups is 1. The minimum atomic E-state index is -0.460. The molecule has 1 aromatic heterocycles. The lowest BCUT2D eigenvalue weighted by Gasteiger charge is -2.05. The number of aromatic nitrogens is 2. The number of halogens is 1. The van der Waals surface area contributed by atoms with E-state index in [0.29, 0.717) is 5.89 Å². The van der Waals surface area contributed by atoms with Crippen LogP contribution in [0.4, 0.5) is 10.1 Å². The van der Waals surface area contributed by atoms with E-state index in [4.69, 9.17) is 4.42 Å². The van der Waals surface area contributed by atoms with Crippen molar-refractivity contribution in [3.63, 3.8) is 0 Å². The molecule has 5 nitrogen and oxygen atoms in total. The van der Waals surface area contributed by atoms with Gasteiger partial charge in [-0.3, -0.25) is 4.79 Å². The molecule has 0 aliphatic carbocycles. The number of hydrogen-bond donors (Lipinski definition) is 1. The molecular weight excluding hydrogens is 341 g/mol. The Labute approximate surface area is 148 Å². The zero-order valence-corrected chi connectivity index (χ0v) is 14.6. The van der Waals surface area contributed by atoms with E-state index in [1.807, 2.05) is 31.2 Å². The average molecular weight is 357 g/mol. The molecule has 1 heterocycles. The summed E-state index contributed by atoms with van der Waals surface area (Å²) >= 11 is 1.10. The van der Waals surface area contributed by atoms with Crippen LogP contribution in [0.25, 0.3) is 11.5 Å². The number of benzene rings is 2. The van der Waals surface area contributed by atoms with Crippen LogP contribution in [0.1, 0.15) is 11.1 Å². The molecule has 0 bridgehead atoms. The maximum atomic E-state index is 13.7. The highest BCUT2D eigenvalue weighted by Gasteiger charge is 2.12. The maximum Gasteiger partial charge on any atom is 0.277 e. The quantitative estimate of drug-likeness (QED) is 0.692. The molecule has 7 heteroatoms. The van der Waals surface area contributed by atoms with Gasteiger partial charge in [0.1, 0.15) is 5.82 Å². The smallest absolute Gasteiger partial charge is 0.277 e. The van der Waals surface area contributed by atoms with Gasteiger partial charge < -0.3 is 9.73 Å². The minimum absolute atomic E-state index is 0.0445. The fraction of sp³-hybridized carbons (Fsp3) is 0.167. The van der Waals surface area contributed by atoms with Gasteiger partial charge in [-0.2, -0.15) is 0 Å². The van der Waals surface area contributed by atoms with E-state index < -0.39 is 5.82 Å². The predicted molar refractivity (Wildman–Crippen MR) is 95.0 cm³/mol. The molecule has 3 aromatic rings. The van der Waals surface area contributed by atoms with E-state index in [1.165, 1.54) is 12.1 Å². The molecule has 128 valence electrons. The number of anilines is 1. The topological polar surface area (TPSA) is 68.0 Å². The summed E-state index contributed by atoms with van der Waals surface area (Å²) in [5, 5.41) is 10.7. The first-order valence-corrected chi connectivity index (χ1v) is 8.59. The highest BCUT2D eigenvalue weighted by molar-refractivity contribution is 7.99. The monoisotopic (exact) mass is 357 g/mol. The van der Waals surface area contributed by atoms with E-state index in [0.717, 1.165) is 28.5 Å². The molecule has 0 saturated heterocycles. The predicted octanol–water partition coefficient (Wildman–Crippen LogP) is 4.22. The highest BCUT2D eigenvalue weighted by Crippen LogP contribution is 2.24. The molecule has 0 saturated carbocycles. The number of thioether (sulfide) groups is 1. The molecule has 0 spiro atoms. The second-order valence-corrected chi connectivity index (χ2v) is 6.49. The van der Waals surface area contributed by atoms with Crippen LogP contribution < -0.4 is 5.32 Å². The van der Waals surface area contributed by atoms with Crippen LogP contribution >= 0.6 is 11.8 Å². The fourth-order valence-corrected chi connectivity index (χ4v) is 2.68. The number of nitrogens with one attached hydrogen (secondary N) is 1. The van der Waals surface area contributed by atoms with E-state index in [2.05, 4.69) is 15.5 Å². The van der Waals surface area contributed by atoms with Gasteiger partial charge in [-0.25, -0.2) is 4.39 Å². The molecule has 25 heavy (non-hydrogen) atoms. The Morgan fingerprint density at radius 3 is 2.56 bits per heavy atom. The van der Waals surface area contributed by atoms with Crippen molar-refractivity contribution in [1.29, 1.82) is 0 Å². The molecule has 1 amide bonds. The van der Waals surface area contributed by atoms with Crippen LogP contribution in [0.3, 0.4) is 0 Å². The molecule has 3 rings (SSSR count). The molecule has 0 unspecified atom stereocenters. The van der Waals surface area contributed by atoms with Crippen molar-refractivity contribution in [2.45, 2.75) is 19.1 Å². The Balaban J connectivity index is 1.58. The third-order valence-electron chi connectivity index (χ3n) is 3.43. The Morgan fingerprint density at radius 1 is 1.12 bits per heavy atom. The molecule has 0 atom stereocenters.